The van der Waals surface area contributed by atoms with E-state index in [1.165, 1.54) is 0 Å². The normalized spacial score (nSPS) is 13.4. The molecular weight excluding hydrogens is 412 g/mol. The number of hydrogen-bond donors (Lipinski definition) is 9. The smallest absolute Gasteiger partial charge is 0.326 e. The molecule has 3 unspecified atom stereocenters. The fourth-order valence-electron chi connectivity index (χ4n) is 2.42. The van der Waals surface area contributed by atoms with Crippen molar-refractivity contribution in [2.45, 2.75) is 50.2 Å². The average molecular weight is 447 g/mol. The number of carbonyl (C=O) groups is 4. The number of aliphatic hydroxyl groups is 1. The van der Waals surface area contributed by atoms with Crippen LogP contribution in [-0.2, 0) is 19.2 Å². The summed E-state index contributed by atoms with van der Waals surface area (Å²) in [6.45, 7) is -0.459. The molecule has 0 aromatic carbocycles. The van der Waals surface area contributed by atoms with Gasteiger partial charge in [0, 0.05) is 6.54 Å². The molecule has 0 saturated heterocycles. The first-order valence-electron chi connectivity index (χ1n) is 9.84. The summed E-state index contributed by atoms with van der Waals surface area (Å²) >= 11 is 0. The van der Waals surface area contributed by atoms with Gasteiger partial charge in [0.25, 0.3) is 0 Å². The van der Waals surface area contributed by atoms with Gasteiger partial charge in [-0.15, -0.1) is 0 Å². The molecule has 178 valence electrons. The summed E-state index contributed by atoms with van der Waals surface area (Å²) in [5, 5.41) is 25.3. The molecule has 0 aliphatic heterocycles. The fraction of sp³-hybridized carbons (Fsp3) is 0.706. The fourth-order valence-corrected chi connectivity index (χ4v) is 2.42. The highest BCUT2D eigenvalue weighted by molar-refractivity contribution is 5.92. The van der Waals surface area contributed by atoms with Crippen molar-refractivity contribution in [3.63, 3.8) is 0 Å². The van der Waals surface area contributed by atoms with Crippen molar-refractivity contribution < 1.29 is 29.4 Å². The van der Waals surface area contributed by atoms with Crippen molar-refractivity contribution >= 4 is 29.7 Å². The Hall–Kier alpha value is -2.97. The van der Waals surface area contributed by atoms with E-state index >= 15 is 0 Å². The van der Waals surface area contributed by atoms with Gasteiger partial charge < -0.3 is 49.1 Å². The number of rotatable bonds is 16. The molecule has 0 aromatic rings. The van der Waals surface area contributed by atoms with Gasteiger partial charge in [-0.3, -0.25) is 19.4 Å². The van der Waals surface area contributed by atoms with Gasteiger partial charge in [-0.05, 0) is 38.6 Å². The summed E-state index contributed by atoms with van der Waals surface area (Å²) in [6.07, 6.45) is 1.73. The molecule has 0 aliphatic rings. The number of carboxylic acids is 1. The maximum atomic E-state index is 12.6. The minimum atomic E-state index is -1.24. The van der Waals surface area contributed by atoms with Crippen LogP contribution in [0.15, 0.2) is 4.99 Å². The lowest BCUT2D eigenvalue weighted by molar-refractivity contribution is -0.142. The average Bonchev–Trinajstić information content (AvgIpc) is 2.72. The van der Waals surface area contributed by atoms with Gasteiger partial charge in [0.05, 0.1) is 13.2 Å². The predicted molar refractivity (Wildman–Crippen MR) is 112 cm³/mol. The van der Waals surface area contributed by atoms with Crippen LogP contribution in [0.1, 0.15) is 32.1 Å². The summed E-state index contributed by atoms with van der Waals surface area (Å²) in [6, 6.07) is -3.40. The highest BCUT2D eigenvalue weighted by atomic mass is 16.4. The Kier molecular flexibility index (Phi) is 14.3. The van der Waals surface area contributed by atoms with Gasteiger partial charge in [0.1, 0.15) is 18.1 Å². The van der Waals surface area contributed by atoms with E-state index in [2.05, 4.69) is 20.9 Å². The van der Waals surface area contributed by atoms with Gasteiger partial charge in [0.2, 0.25) is 17.7 Å². The Balaban J connectivity index is 4.92. The topological polar surface area (TPSA) is 261 Å². The van der Waals surface area contributed by atoms with Crippen LogP contribution in [0.4, 0.5) is 0 Å². The van der Waals surface area contributed by atoms with Crippen LogP contribution >= 0.6 is 0 Å². The monoisotopic (exact) mass is 446 g/mol. The van der Waals surface area contributed by atoms with Crippen LogP contribution in [0.5, 0.6) is 0 Å². The number of aliphatic hydroxyl groups excluding tert-OH is 1. The Morgan fingerprint density at radius 3 is 2.13 bits per heavy atom. The number of carbonyl (C=O) groups excluding carboxylic acids is 3. The van der Waals surface area contributed by atoms with Crippen molar-refractivity contribution in [2.75, 3.05) is 26.2 Å². The Morgan fingerprint density at radius 2 is 1.58 bits per heavy atom. The van der Waals surface area contributed by atoms with Crippen LogP contribution in [0.25, 0.3) is 0 Å². The molecule has 3 atom stereocenters. The number of nitrogens with one attached hydrogen (secondary N) is 3. The third-order valence-electron chi connectivity index (χ3n) is 4.12. The van der Waals surface area contributed by atoms with E-state index < -0.39 is 55.0 Å². The van der Waals surface area contributed by atoms with Gasteiger partial charge in [-0.25, -0.2) is 4.79 Å². The number of guanidine groups is 1. The van der Waals surface area contributed by atoms with E-state index in [1.807, 2.05) is 0 Å². The standard InChI is InChI=1S/C17H34N8O6/c18-6-2-1-4-11(24-13(27)8-23-14(28)10(19)9-26)15(29)25-12(16(30)31)5-3-7-22-17(20)21/h10-12,26H,1-9,18-19H2,(H,23,28)(H,24,27)(H,25,29)(H,30,31)(H4,20,21,22). The molecule has 0 fully saturated rings. The van der Waals surface area contributed by atoms with Crippen LogP contribution in [0.2, 0.25) is 0 Å². The molecule has 3 amide bonds. The van der Waals surface area contributed by atoms with E-state index in [0.29, 0.717) is 25.8 Å². The molecule has 0 radical (unpaired) electrons. The van der Waals surface area contributed by atoms with Crippen LogP contribution < -0.4 is 38.9 Å². The summed E-state index contributed by atoms with van der Waals surface area (Å²) < 4.78 is 0. The molecule has 0 heterocycles. The molecule has 0 rings (SSSR count). The Labute approximate surface area is 180 Å². The number of nitrogens with zero attached hydrogens (tertiary/aromatic N) is 1. The van der Waals surface area contributed by atoms with Crippen molar-refractivity contribution in [3.05, 3.63) is 0 Å². The van der Waals surface area contributed by atoms with Gasteiger partial charge in [-0.1, -0.05) is 0 Å². The molecule has 0 aromatic heterocycles. The first kappa shape index (κ1) is 28.0. The zero-order chi connectivity index (χ0) is 23.8. The largest absolute Gasteiger partial charge is 0.480 e. The third kappa shape index (κ3) is 13.0. The number of aliphatic imine (C=N–C) groups is 1. The molecule has 14 heteroatoms. The number of unbranched alkanes of at least 4 members (excludes halogenated alkanes) is 1. The molecule has 31 heavy (non-hydrogen) atoms. The van der Waals surface area contributed by atoms with Crippen LogP contribution in [0.3, 0.4) is 0 Å². The van der Waals surface area contributed by atoms with Crippen LogP contribution in [0, 0.1) is 0 Å². The third-order valence-corrected chi connectivity index (χ3v) is 4.12. The van der Waals surface area contributed by atoms with Crippen molar-refractivity contribution in [1.82, 2.24) is 16.0 Å². The molecule has 0 bridgehead atoms. The highest BCUT2D eigenvalue weighted by Gasteiger charge is 2.26. The second-order valence-corrected chi connectivity index (χ2v) is 6.76. The lowest BCUT2D eigenvalue weighted by Gasteiger charge is -2.21. The molecule has 0 spiro atoms. The van der Waals surface area contributed by atoms with E-state index in [-0.39, 0.29) is 25.3 Å². The Morgan fingerprint density at radius 1 is 0.935 bits per heavy atom. The second-order valence-electron chi connectivity index (χ2n) is 6.76. The summed E-state index contributed by atoms with van der Waals surface area (Å²) in [5.74, 6) is -3.45. The van der Waals surface area contributed by atoms with E-state index in [1.54, 1.807) is 0 Å². The zero-order valence-electron chi connectivity index (χ0n) is 17.4. The second kappa shape index (κ2) is 15.8. The van der Waals surface area contributed by atoms with Gasteiger partial charge >= 0.3 is 5.97 Å². The lowest BCUT2D eigenvalue weighted by Crippen LogP contribution is -2.54. The minimum Gasteiger partial charge on any atom is -0.480 e. The SMILES string of the molecule is NCCCCC(NC(=O)CNC(=O)C(N)CO)C(=O)NC(CCCN=C(N)N)C(=O)O. The predicted octanol–water partition coefficient (Wildman–Crippen LogP) is -4.34. The number of aliphatic carboxylic acids is 1. The molecule has 13 N–H and O–H groups in total. The molecule has 0 aliphatic carbocycles. The first-order chi connectivity index (χ1) is 14.6. The van der Waals surface area contributed by atoms with Crippen molar-refractivity contribution in [1.29, 1.82) is 0 Å². The van der Waals surface area contributed by atoms with Gasteiger partial charge in [-0.2, -0.15) is 0 Å². The lowest BCUT2D eigenvalue weighted by atomic mass is 10.1. The van der Waals surface area contributed by atoms with E-state index in [9.17, 15) is 24.3 Å². The van der Waals surface area contributed by atoms with E-state index in [0.717, 1.165) is 0 Å². The van der Waals surface area contributed by atoms with E-state index in [4.69, 9.17) is 28.0 Å². The Bertz CT molecular complexity index is 626. The molecule has 0 saturated carbocycles. The first-order valence-corrected chi connectivity index (χ1v) is 9.84. The number of carboxylic acid groups (broad SMARTS) is 1. The van der Waals surface area contributed by atoms with Crippen LogP contribution in [-0.4, -0.2) is 84.2 Å². The number of hydrogen-bond acceptors (Lipinski definition) is 8. The zero-order valence-corrected chi connectivity index (χ0v) is 17.4. The quantitative estimate of drug-likeness (QED) is 0.0624. The molecule has 14 nitrogen and oxygen atoms in total. The maximum absolute atomic E-state index is 12.6. The summed E-state index contributed by atoms with van der Waals surface area (Å²) in [5.41, 5.74) is 21.2. The van der Waals surface area contributed by atoms with Crippen molar-refractivity contribution in [3.8, 4) is 0 Å². The number of amides is 3. The summed E-state index contributed by atoms with van der Waals surface area (Å²) in [4.78, 5) is 51.4. The van der Waals surface area contributed by atoms with Gasteiger partial charge in [0.15, 0.2) is 5.96 Å². The van der Waals surface area contributed by atoms with Crippen molar-refractivity contribution in [2.24, 2.45) is 27.9 Å². The summed E-state index contributed by atoms with van der Waals surface area (Å²) in [7, 11) is 0. The molecular formula is C17H34N8O6. The minimum absolute atomic E-state index is 0.0798. The number of nitrogens with two attached hydrogens (primary N) is 4. The highest BCUT2D eigenvalue weighted by Crippen LogP contribution is 2.04. The maximum Gasteiger partial charge on any atom is 0.326 e.